The zero-order valence-corrected chi connectivity index (χ0v) is 12.3. The first-order valence-electron chi connectivity index (χ1n) is 6.87. The lowest BCUT2D eigenvalue weighted by molar-refractivity contribution is 0.649. The highest BCUT2D eigenvalue weighted by atomic mass is 35.5. The lowest BCUT2D eigenvalue weighted by Gasteiger charge is -2.04. The normalized spacial score (nSPS) is 10.9. The molecule has 0 N–H and O–H groups in total. The van der Waals surface area contributed by atoms with Gasteiger partial charge in [0.05, 0.1) is 18.6 Å². The van der Waals surface area contributed by atoms with Gasteiger partial charge < -0.3 is 4.57 Å². The van der Waals surface area contributed by atoms with Crippen LogP contribution in [0.25, 0.3) is 5.69 Å². The first kappa shape index (κ1) is 13.8. The molecule has 21 heavy (non-hydrogen) atoms. The van der Waals surface area contributed by atoms with E-state index in [-0.39, 0.29) is 0 Å². The first-order valence-corrected chi connectivity index (χ1v) is 7.41. The summed E-state index contributed by atoms with van der Waals surface area (Å²) in [5, 5.41) is 8.30. The van der Waals surface area contributed by atoms with Crippen molar-refractivity contribution in [2.75, 3.05) is 5.88 Å². The molecular formula is C15H16ClN5. The van der Waals surface area contributed by atoms with E-state index in [1.54, 1.807) is 12.5 Å². The van der Waals surface area contributed by atoms with Gasteiger partial charge in [-0.05, 0) is 30.5 Å². The Balaban J connectivity index is 1.66. The maximum absolute atomic E-state index is 5.68. The SMILES string of the molecule is ClCCCc1cn(Cc2ccc(-n3ccnc3)cc2)nn1. The second-order valence-electron chi connectivity index (χ2n) is 4.84. The Kier molecular flexibility index (Phi) is 4.31. The molecule has 0 atom stereocenters. The molecule has 0 spiro atoms. The minimum atomic E-state index is 0.655. The van der Waals surface area contributed by atoms with Crippen LogP contribution < -0.4 is 0 Å². The minimum Gasteiger partial charge on any atom is -0.306 e. The highest BCUT2D eigenvalue weighted by molar-refractivity contribution is 6.17. The van der Waals surface area contributed by atoms with Crippen LogP contribution in [0.1, 0.15) is 17.7 Å². The predicted octanol–water partition coefficient (Wildman–Crippen LogP) is 2.68. The van der Waals surface area contributed by atoms with Crippen LogP contribution in [0.3, 0.4) is 0 Å². The van der Waals surface area contributed by atoms with Gasteiger partial charge in [-0.2, -0.15) is 0 Å². The molecule has 0 aliphatic rings. The summed E-state index contributed by atoms with van der Waals surface area (Å²) in [7, 11) is 0. The molecule has 0 amide bonds. The maximum Gasteiger partial charge on any atom is 0.0991 e. The molecule has 108 valence electrons. The fourth-order valence-electron chi connectivity index (χ4n) is 2.15. The zero-order valence-electron chi connectivity index (χ0n) is 11.6. The summed E-state index contributed by atoms with van der Waals surface area (Å²) in [6.07, 6.45) is 9.27. The number of hydrogen-bond donors (Lipinski definition) is 0. The van der Waals surface area contributed by atoms with E-state index in [4.69, 9.17) is 11.6 Å². The molecule has 2 aromatic heterocycles. The summed E-state index contributed by atoms with van der Waals surface area (Å²) in [6.45, 7) is 0.720. The summed E-state index contributed by atoms with van der Waals surface area (Å²) in [6, 6.07) is 8.33. The van der Waals surface area contributed by atoms with Crippen molar-refractivity contribution in [1.82, 2.24) is 24.5 Å². The van der Waals surface area contributed by atoms with Gasteiger partial charge in [-0.15, -0.1) is 16.7 Å². The quantitative estimate of drug-likeness (QED) is 0.658. The van der Waals surface area contributed by atoms with Crippen LogP contribution >= 0.6 is 11.6 Å². The van der Waals surface area contributed by atoms with Gasteiger partial charge in [0.25, 0.3) is 0 Å². The molecule has 0 aliphatic heterocycles. The summed E-state index contributed by atoms with van der Waals surface area (Å²) < 4.78 is 3.83. The molecule has 0 fully saturated rings. The fourth-order valence-corrected chi connectivity index (χ4v) is 2.28. The highest BCUT2D eigenvalue weighted by Crippen LogP contribution is 2.10. The molecule has 0 unspecified atom stereocenters. The van der Waals surface area contributed by atoms with E-state index in [2.05, 4.69) is 39.6 Å². The van der Waals surface area contributed by atoms with E-state index in [9.17, 15) is 0 Å². The van der Waals surface area contributed by atoms with E-state index in [0.717, 1.165) is 30.8 Å². The average Bonchev–Trinajstić information content (AvgIpc) is 3.17. The number of alkyl halides is 1. The van der Waals surface area contributed by atoms with Gasteiger partial charge in [-0.3, -0.25) is 0 Å². The van der Waals surface area contributed by atoms with Crippen molar-refractivity contribution < 1.29 is 0 Å². The molecule has 0 radical (unpaired) electrons. The number of rotatable bonds is 6. The van der Waals surface area contributed by atoms with Crippen LogP contribution in [0.5, 0.6) is 0 Å². The molecule has 5 nitrogen and oxygen atoms in total. The number of imidazole rings is 1. The summed E-state index contributed by atoms with van der Waals surface area (Å²) >= 11 is 5.68. The van der Waals surface area contributed by atoms with Crippen molar-refractivity contribution in [2.45, 2.75) is 19.4 Å². The molecule has 3 rings (SSSR count). The van der Waals surface area contributed by atoms with Crippen LogP contribution in [0.15, 0.2) is 49.2 Å². The van der Waals surface area contributed by atoms with Crippen molar-refractivity contribution in [1.29, 1.82) is 0 Å². The largest absolute Gasteiger partial charge is 0.306 e. The monoisotopic (exact) mass is 301 g/mol. The van der Waals surface area contributed by atoms with E-state index < -0.39 is 0 Å². The molecule has 1 aromatic carbocycles. The van der Waals surface area contributed by atoms with Crippen molar-refractivity contribution in [3.8, 4) is 5.69 Å². The lowest BCUT2D eigenvalue weighted by Crippen LogP contribution is -2.00. The highest BCUT2D eigenvalue weighted by Gasteiger charge is 2.02. The molecule has 0 saturated carbocycles. The third kappa shape index (κ3) is 3.49. The number of aromatic nitrogens is 5. The molecule has 6 heteroatoms. The standard InChI is InChI=1S/C15H16ClN5/c16-7-1-2-14-11-21(19-18-14)10-13-3-5-15(6-4-13)20-9-8-17-12-20/h3-6,8-9,11-12H,1-2,7,10H2. The third-order valence-corrected chi connectivity index (χ3v) is 3.50. The van der Waals surface area contributed by atoms with Crippen molar-refractivity contribution >= 4 is 11.6 Å². The topological polar surface area (TPSA) is 48.5 Å². The van der Waals surface area contributed by atoms with Crippen LogP contribution in [0, 0.1) is 0 Å². The summed E-state index contributed by atoms with van der Waals surface area (Å²) in [4.78, 5) is 4.05. The number of aryl methyl sites for hydroxylation is 1. The second kappa shape index (κ2) is 6.54. The van der Waals surface area contributed by atoms with E-state index in [0.29, 0.717) is 5.88 Å². The van der Waals surface area contributed by atoms with E-state index in [1.807, 2.05) is 21.6 Å². The molecule has 2 heterocycles. The van der Waals surface area contributed by atoms with Crippen LogP contribution in [-0.2, 0) is 13.0 Å². The maximum atomic E-state index is 5.68. The molecular weight excluding hydrogens is 286 g/mol. The number of halogens is 1. The summed E-state index contributed by atoms with van der Waals surface area (Å²) in [5.41, 5.74) is 3.27. The third-order valence-electron chi connectivity index (χ3n) is 3.24. The number of nitrogens with zero attached hydrogens (tertiary/aromatic N) is 5. The van der Waals surface area contributed by atoms with Gasteiger partial charge in [0.15, 0.2) is 0 Å². The average molecular weight is 302 g/mol. The zero-order chi connectivity index (χ0) is 14.5. The Morgan fingerprint density at radius 2 is 2.00 bits per heavy atom. The Morgan fingerprint density at radius 1 is 1.14 bits per heavy atom. The first-order chi connectivity index (χ1) is 10.3. The minimum absolute atomic E-state index is 0.655. The van der Waals surface area contributed by atoms with Crippen LogP contribution in [0.4, 0.5) is 0 Å². The van der Waals surface area contributed by atoms with Gasteiger partial charge in [0, 0.05) is 30.2 Å². The van der Waals surface area contributed by atoms with Gasteiger partial charge in [-0.1, -0.05) is 17.3 Å². The molecule has 0 bridgehead atoms. The fraction of sp³-hybridized carbons (Fsp3) is 0.267. The van der Waals surface area contributed by atoms with Crippen molar-refractivity contribution in [2.24, 2.45) is 0 Å². The van der Waals surface area contributed by atoms with Gasteiger partial charge in [0.1, 0.15) is 0 Å². The van der Waals surface area contributed by atoms with E-state index >= 15 is 0 Å². The van der Waals surface area contributed by atoms with Crippen molar-refractivity contribution in [3.63, 3.8) is 0 Å². The van der Waals surface area contributed by atoms with Crippen LogP contribution in [0.2, 0.25) is 0 Å². The number of benzene rings is 1. The van der Waals surface area contributed by atoms with Gasteiger partial charge in [0.2, 0.25) is 0 Å². The Morgan fingerprint density at radius 3 is 2.71 bits per heavy atom. The smallest absolute Gasteiger partial charge is 0.0991 e. The molecule has 0 saturated heterocycles. The Hall–Kier alpha value is -2.14. The number of hydrogen-bond acceptors (Lipinski definition) is 3. The predicted molar refractivity (Wildman–Crippen MR) is 81.7 cm³/mol. The molecule has 3 aromatic rings. The van der Waals surface area contributed by atoms with Gasteiger partial charge in [-0.25, -0.2) is 9.67 Å². The Bertz CT molecular complexity index is 672. The molecule has 0 aliphatic carbocycles. The van der Waals surface area contributed by atoms with Crippen LogP contribution in [-0.4, -0.2) is 30.4 Å². The van der Waals surface area contributed by atoms with E-state index in [1.165, 1.54) is 5.56 Å². The van der Waals surface area contributed by atoms with Gasteiger partial charge >= 0.3 is 0 Å². The van der Waals surface area contributed by atoms with Crippen molar-refractivity contribution in [3.05, 3.63) is 60.4 Å². The second-order valence-corrected chi connectivity index (χ2v) is 5.21. The Labute approximate surface area is 128 Å². The summed E-state index contributed by atoms with van der Waals surface area (Å²) in [5.74, 6) is 0.655. The lowest BCUT2D eigenvalue weighted by atomic mass is 10.2.